The summed E-state index contributed by atoms with van der Waals surface area (Å²) in [6.07, 6.45) is 10.1. The molecule has 0 radical (unpaired) electrons. The normalized spacial score (nSPS) is 38.5. The van der Waals surface area contributed by atoms with E-state index in [-0.39, 0.29) is 61.8 Å². The Balaban J connectivity index is 0.904. The Morgan fingerprint density at radius 2 is 1.65 bits per heavy atom. The molecule has 11 unspecified atom stereocenters. The van der Waals surface area contributed by atoms with E-state index in [1.807, 2.05) is 30.3 Å². The van der Waals surface area contributed by atoms with Crippen molar-refractivity contribution in [1.82, 2.24) is 15.3 Å². The molecule has 4 saturated heterocycles. The second-order valence-electron chi connectivity index (χ2n) is 21.2. The first-order valence-corrected chi connectivity index (χ1v) is 23.5. The van der Waals surface area contributed by atoms with Gasteiger partial charge in [0.15, 0.2) is 11.8 Å². The quantitative estimate of drug-likeness (QED) is 0.201. The minimum absolute atomic E-state index is 0.0426. The van der Waals surface area contributed by atoms with Crippen LogP contribution in [0.15, 0.2) is 60.2 Å². The zero-order chi connectivity index (χ0) is 42.8. The van der Waals surface area contributed by atoms with Crippen LogP contribution < -0.4 is 5.32 Å². The second-order valence-corrected chi connectivity index (χ2v) is 21.2. The monoisotopic (exact) mass is 849 g/mol. The highest BCUT2D eigenvalue weighted by atomic mass is 16.8. The molecule has 12 nitrogen and oxygen atoms in total. The minimum atomic E-state index is -1.41. The molecule has 2 aromatic rings. The number of benzene rings is 2. The number of hydrogen-bond acceptors (Lipinski definition) is 10. The number of nitrogens with one attached hydrogen (secondary N) is 1. The number of allylic oxidation sites excluding steroid dienone is 1. The lowest BCUT2D eigenvalue weighted by Gasteiger charge is -2.53. The van der Waals surface area contributed by atoms with Gasteiger partial charge < -0.3 is 34.3 Å². The van der Waals surface area contributed by atoms with Crippen molar-refractivity contribution in [1.29, 1.82) is 0 Å². The molecule has 2 bridgehead atoms. The van der Waals surface area contributed by atoms with Crippen molar-refractivity contribution in [3.05, 3.63) is 76.9 Å². The molecule has 4 heterocycles. The average molecular weight is 850 g/mol. The first-order chi connectivity index (χ1) is 29.8. The van der Waals surface area contributed by atoms with Crippen LogP contribution >= 0.6 is 0 Å². The van der Waals surface area contributed by atoms with Gasteiger partial charge in [-0.05, 0) is 98.7 Å². The maximum absolute atomic E-state index is 15.6. The maximum atomic E-state index is 15.6. The summed E-state index contributed by atoms with van der Waals surface area (Å²) in [6, 6.07) is 16.1. The predicted octanol–water partition coefficient (Wildman–Crippen LogP) is 5.74. The number of likely N-dealkylation sites (N-methyl/N-ethyl adjacent to an activating group) is 1. The Bertz CT molecular complexity index is 2110. The Hall–Kier alpha value is -3.65. The smallest absolute Gasteiger partial charge is 0.327 e. The number of epoxide rings is 1. The van der Waals surface area contributed by atoms with E-state index < -0.39 is 53.7 Å². The van der Waals surface area contributed by atoms with Gasteiger partial charge in [-0.3, -0.25) is 19.2 Å². The van der Waals surface area contributed by atoms with Gasteiger partial charge in [0.05, 0.1) is 24.9 Å². The fourth-order valence-corrected chi connectivity index (χ4v) is 13.0. The highest BCUT2D eigenvalue weighted by Gasteiger charge is 2.78. The summed E-state index contributed by atoms with van der Waals surface area (Å²) in [5.74, 6) is -0.278. The molecule has 11 rings (SSSR count). The van der Waals surface area contributed by atoms with Gasteiger partial charge in [0.1, 0.15) is 35.9 Å². The number of ether oxygens (including phenoxy) is 4. The predicted molar refractivity (Wildman–Crippen MR) is 227 cm³/mol. The number of fused-ring (bicyclic) bond motifs is 6. The molecular formula is C50H63N3O9. The lowest BCUT2D eigenvalue weighted by atomic mass is 9.52. The van der Waals surface area contributed by atoms with Crippen LogP contribution in [0.25, 0.3) is 6.08 Å². The molecule has 5 aliphatic carbocycles. The largest absolute Gasteiger partial charge is 0.458 e. The Kier molecular flexibility index (Phi) is 9.91. The highest BCUT2D eigenvalue weighted by molar-refractivity contribution is 5.96. The van der Waals surface area contributed by atoms with Crippen molar-refractivity contribution in [2.75, 3.05) is 20.2 Å². The van der Waals surface area contributed by atoms with Crippen molar-refractivity contribution >= 4 is 23.9 Å². The molecule has 5 saturated carbocycles. The molecule has 4 aliphatic heterocycles. The van der Waals surface area contributed by atoms with Crippen molar-refractivity contribution in [2.45, 2.75) is 152 Å². The molecule has 2 aromatic carbocycles. The Morgan fingerprint density at radius 3 is 2.34 bits per heavy atom. The molecule has 0 spiro atoms. The van der Waals surface area contributed by atoms with Crippen LogP contribution in [0.3, 0.4) is 0 Å². The highest BCUT2D eigenvalue weighted by Crippen LogP contribution is 2.64. The third-order valence-corrected chi connectivity index (χ3v) is 16.7. The summed E-state index contributed by atoms with van der Waals surface area (Å²) in [5.41, 5.74) is 3.45. The number of carbonyl (C=O) groups is 3. The molecular weight excluding hydrogens is 787 g/mol. The molecule has 2 N–H and O–H groups in total. The van der Waals surface area contributed by atoms with Gasteiger partial charge in [-0.1, -0.05) is 80.1 Å². The van der Waals surface area contributed by atoms with Crippen molar-refractivity contribution in [3.8, 4) is 0 Å². The van der Waals surface area contributed by atoms with Gasteiger partial charge in [-0.15, -0.1) is 0 Å². The molecule has 0 aromatic heterocycles. The van der Waals surface area contributed by atoms with Gasteiger partial charge in [0.2, 0.25) is 11.8 Å². The first-order valence-electron chi connectivity index (χ1n) is 23.5. The van der Waals surface area contributed by atoms with E-state index in [0.717, 1.165) is 61.6 Å². The third kappa shape index (κ3) is 6.71. The topological polar surface area (TPSA) is 139 Å². The Labute approximate surface area is 364 Å². The first kappa shape index (κ1) is 41.1. The summed E-state index contributed by atoms with van der Waals surface area (Å²) in [6.45, 7) is 7.19. The van der Waals surface area contributed by atoms with E-state index in [2.05, 4.69) is 56.4 Å². The number of rotatable bonds is 12. The van der Waals surface area contributed by atoms with E-state index in [9.17, 15) is 14.7 Å². The van der Waals surface area contributed by atoms with Crippen LogP contribution in [-0.4, -0.2) is 107 Å². The summed E-state index contributed by atoms with van der Waals surface area (Å²) in [5, 5.41) is 14.1. The number of nitrogens with zero attached hydrogens (tertiary/aromatic N) is 2. The van der Waals surface area contributed by atoms with Crippen LogP contribution in [0.1, 0.15) is 102 Å². The lowest BCUT2D eigenvalue weighted by Crippen LogP contribution is -2.70. The number of aliphatic hydroxyl groups excluding tert-OH is 1. The third-order valence-electron chi connectivity index (χ3n) is 16.7. The molecule has 2 amide bonds. The van der Waals surface area contributed by atoms with E-state index in [0.29, 0.717) is 23.4 Å². The van der Waals surface area contributed by atoms with E-state index in [1.165, 1.54) is 23.3 Å². The van der Waals surface area contributed by atoms with Crippen molar-refractivity contribution in [3.63, 3.8) is 0 Å². The Morgan fingerprint density at radius 1 is 0.919 bits per heavy atom. The van der Waals surface area contributed by atoms with E-state index in [1.54, 1.807) is 12.1 Å². The van der Waals surface area contributed by atoms with Gasteiger partial charge >= 0.3 is 5.97 Å². The molecule has 12 heteroatoms. The molecule has 9 fully saturated rings. The van der Waals surface area contributed by atoms with Crippen LogP contribution in [0.5, 0.6) is 0 Å². The summed E-state index contributed by atoms with van der Waals surface area (Å²) < 4.78 is 26.6. The SMILES string of the molecule is CN(C(=O)C12CC3OC(=O)C1N(Cc1ccc(C=C4CCC5OC5(C)CCC5C4CC5(C)C)cc1)OC2C1OC(C2CC2)(C2CC2)OC31)C(Cc1ccccc1)C(=O)NCCO. The summed E-state index contributed by atoms with van der Waals surface area (Å²) >= 11 is 0. The summed E-state index contributed by atoms with van der Waals surface area (Å²) in [4.78, 5) is 52.5. The molecule has 9 aliphatic rings. The number of hydrogen-bond donors (Lipinski definition) is 2. The standard InChI is InChI=1S/C50H63N3O9/c1-47(2)26-35-32(14-19-39-48(3,59-39)21-20-36(35)47)24-30-10-12-31(13-11-30)28-53-42-45(56)58-38-27-49(42,43(62-53)41-40(38)60-50(61-41,33-15-16-33)34-17-18-34)46(57)52(4)37(44(55)51-22-23-54)25-29-8-6-5-7-9-29/h5-13,24,33-43,54H,14-23,25-28H2,1-4H3,(H,51,55). The van der Waals surface area contributed by atoms with Gasteiger partial charge in [-0.25, -0.2) is 0 Å². The van der Waals surface area contributed by atoms with Gasteiger partial charge in [0.25, 0.3) is 0 Å². The fourth-order valence-electron chi connectivity index (χ4n) is 13.0. The van der Waals surface area contributed by atoms with Crippen LogP contribution in [-0.2, 0) is 51.1 Å². The van der Waals surface area contributed by atoms with Crippen molar-refractivity contribution in [2.24, 2.45) is 34.5 Å². The fraction of sp³-hybridized carbons (Fsp3) is 0.660. The summed E-state index contributed by atoms with van der Waals surface area (Å²) in [7, 11) is 1.65. The second kappa shape index (κ2) is 15.0. The molecule has 11 atom stereocenters. The van der Waals surface area contributed by atoms with Gasteiger partial charge in [0, 0.05) is 38.3 Å². The zero-order valence-electron chi connectivity index (χ0n) is 36.6. The molecule has 332 valence electrons. The molecule has 62 heavy (non-hydrogen) atoms. The number of esters is 1. The van der Waals surface area contributed by atoms with Gasteiger partial charge in [-0.2, -0.15) is 5.06 Å². The number of aliphatic hydroxyl groups is 1. The maximum Gasteiger partial charge on any atom is 0.327 e. The van der Waals surface area contributed by atoms with Crippen LogP contribution in [0, 0.1) is 34.5 Å². The lowest BCUT2D eigenvalue weighted by molar-refractivity contribution is -0.235. The zero-order valence-corrected chi connectivity index (χ0v) is 36.6. The van der Waals surface area contributed by atoms with Crippen LogP contribution in [0.2, 0.25) is 0 Å². The van der Waals surface area contributed by atoms with E-state index >= 15 is 4.79 Å². The number of hydroxylamine groups is 2. The number of carbonyl (C=O) groups excluding carboxylic acids is 3. The van der Waals surface area contributed by atoms with Crippen LogP contribution in [0.4, 0.5) is 0 Å². The minimum Gasteiger partial charge on any atom is -0.458 e. The number of amides is 2. The van der Waals surface area contributed by atoms with E-state index in [4.69, 9.17) is 23.8 Å². The average Bonchev–Trinajstić information content (AvgIpc) is 4.21. The van der Waals surface area contributed by atoms with Crippen molar-refractivity contribution < 1.29 is 43.3 Å².